The lowest BCUT2D eigenvalue weighted by atomic mass is 10.2. The van der Waals surface area contributed by atoms with Crippen LogP contribution in [0.3, 0.4) is 0 Å². The van der Waals surface area contributed by atoms with Crippen LogP contribution in [0.1, 0.15) is 27.2 Å². The van der Waals surface area contributed by atoms with E-state index in [0.29, 0.717) is 25.6 Å². The second-order valence-electron chi connectivity index (χ2n) is 5.75. The molecule has 0 saturated heterocycles. The Labute approximate surface area is 141 Å². The minimum Gasteiger partial charge on any atom is -0.381 e. The largest absolute Gasteiger partial charge is 0.381 e. The molecule has 23 heavy (non-hydrogen) atoms. The Hall–Kier alpha value is -0.860. The Morgan fingerprint density at radius 2 is 1.87 bits per heavy atom. The summed E-state index contributed by atoms with van der Waals surface area (Å²) in [5.74, 6) is 1.35. The van der Waals surface area contributed by atoms with E-state index in [0.717, 1.165) is 32.1 Å². The molecule has 0 atom stereocenters. The van der Waals surface area contributed by atoms with Gasteiger partial charge in [-0.3, -0.25) is 4.99 Å². The maximum absolute atomic E-state index is 11.0. The average molecular weight is 352 g/mol. The SMILES string of the molecule is CCNC(=NCCCOCC(C)C)NCCOCCS(C)(=O)=O. The van der Waals surface area contributed by atoms with Crippen molar-refractivity contribution in [3.05, 3.63) is 0 Å². The lowest BCUT2D eigenvalue weighted by molar-refractivity contribution is 0.109. The number of hydrogen-bond donors (Lipinski definition) is 2. The molecule has 0 fully saturated rings. The van der Waals surface area contributed by atoms with Gasteiger partial charge in [0.1, 0.15) is 9.84 Å². The van der Waals surface area contributed by atoms with Gasteiger partial charge in [0, 0.05) is 39.1 Å². The number of ether oxygens (including phenoxy) is 2. The smallest absolute Gasteiger partial charge is 0.191 e. The molecule has 138 valence electrons. The maximum atomic E-state index is 11.0. The molecular weight excluding hydrogens is 318 g/mol. The number of nitrogens with zero attached hydrogens (tertiary/aromatic N) is 1. The molecule has 0 aliphatic heterocycles. The molecule has 0 rings (SSSR count). The summed E-state index contributed by atoms with van der Waals surface area (Å²) in [6, 6.07) is 0. The number of sulfone groups is 1. The summed E-state index contributed by atoms with van der Waals surface area (Å²) in [5, 5.41) is 6.30. The molecule has 0 heterocycles. The van der Waals surface area contributed by atoms with Crippen molar-refractivity contribution in [3.8, 4) is 0 Å². The molecular formula is C15H33N3O4S. The molecule has 2 N–H and O–H groups in total. The molecule has 0 aliphatic rings. The number of hydrogen-bond acceptors (Lipinski definition) is 5. The third kappa shape index (κ3) is 17.3. The van der Waals surface area contributed by atoms with Crippen molar-refractivity contribution in [1.82, 2.24) is 10.6 Å². The van der Waals surface area contributed by atoms with Gasteiger partial charge in [0.05, 0.1) is 19.0 Å². The Balaban J connectivity index is 3.77. The lowest BCUT2D eigenvalue weighted by Crippen LogP contribution is -2.39. The second-order valence-corrected chi connectivity index (χ2v) is 8.01. The van der Waals surface area contributed by atoms with Crippen molar-refractivity contribution in [2.75, 3.05) is 58.1 Å². The van der Waals surface area contributed by atoms with Crippen molar-refractivity contribution < 1.29 is 17.9 Å². The first-order valence-corrected chi connectivity index (χ1v) is 10.3. The fourth-order valence-corrected chi connectivity index (χ4v) is 1.99. The van der Waals surface area contributed by atoms with E-state index in [1.54, 1.807) is 0 Å². The Morgan fingerprint density at radius 3 is 2.48 bits per heavy atom. The summed E-state index contributed by atoms with van der Waals surface area (Å²) in [6.45, 7) is 10.5. The van der Waals surface area contributed by atoms with Gasteiger partial charge in [-0.1, -0.05) is 13.8 Å². The minimum absolute atomic E-state index is 0.0531. The number of guanidine groups is 1. The molecule has 0 saturated carbocycles. The van der Waals surface area contributed by atoms with Crippen molar-refractivity contribution in [2.24, 2.45) is 10.9 Å². The van der Waals surface area contributed by atoms with Crippen LogP contribution in [0.15, 0.2) is 4.99 Å². The van der Waals surface area contributed by atoms with E-state index in [1.165, 1.54) is 6.26 Å². The summed E-state index contributed by atoms with van der Waals surface area (Å²) in [7, 11) is -2.95. The van der Waals surface area contributed by atoms with Gasteiger partial charge in [-0.15, -0.1) is 0 Å². The molecule has 0 radical (unpaired) electrons. The highest BCUT2D eigenvalue weighted by Gasteiger charge is 2.01. The van der Waals surface area contributed by atoms with Gasteiger partial charge in [0.25, 0.3) is 0 Å². The summed E-state index contributed by atoms with van der Waals surface area (Å²) < 4.78 is 32.7. The van der Waals surface area contributed by atoms with Crippen LogP contribution in [-0.4, -0.2) is 72.4 Å². The predicted molar refractivity (Wildman–Crippen MR) is 94.8 cm³/mol. The van der Waals surface area contributed by atoms with Gasteiger partial charge in [-0.25, -0.2) is 8.42 Å². The predicted octanol–water partition coefficient (Wildman–Crippen LogP) is 0.665. The van der Waals surface area contributed by atoms with Gasteiger partial charge in [0.15, 0.2) is 5.96 Å². The monoisotopic (exact) mass is 351 g/mol. The fourth-order valence-electron chi connectivity index (χ4n) is 1.57. The van der Waals surface area contributed by atoms with Crippen molar-refractivity contribution in [1.29, 1.82) is 0 Å². The molecule has 0 aromatic rings. The Kier molecular flexibility index (Phi) is 13.1. The van der Waals surface area contributed by atoms with Crippen molar-refractivity contribution in [3.63, 3.8) is 0 Å². The van der Waals surface area contributed by atoms with E-state index >= 15 is 0 Å². The third-order valence-electron chi connectivity index (χ3n) is 2.65. The summed E-state index contributed by atoms with van der Waals surface area (Å²) >= 11 is 0. The second kappa shape index (κ2) is 13.6. The molecule has 0 unspecified atom stereocenters. The van der Waals surface area contributed by atoms with E-state index in [9.17, 15) is 8.42 Å². The van der Waals surface area contributed by atoms with Gasteiger partial charge < -0.3 is 20.1 Å². The average Bonchev–Trinajstić information content (AvgIpc) is 2.44. The Bertz CT molecular complexity index is 411. The van der Waals surface area contributed by atoms with Crippen LogP contribution in [-0.2, 0) is 19.3 Å². The van der Waals surface area contributed by atoms with Crippen LogP contribution in [0.2, 0.25) is 0 Å². The van der Waals surface area contributed by atoms with E-state index in [2.05, 4.69) is 29.5 Å². The van der Waals surface area contributed by atoms with Crippen LogP contribution >= 0.6 is 0 Å². The van der Waals surface area contributed by atoms with E-state index in [1.807, 2.05) is 6.92 Å². The highest BCUT2D eigenvalue weighted by atomic mass is 32.2. The highest BCUT2D eigenvalue weighted by Crippen LogP contribution is 1.93. The molecule has 0 bridgehead atoms. The van der Waals surface area contributed by atoms with Crippen LogP contribution in [0.25, 0.3) is 0 Å². The molecule has 7 nitrogen and oxygen atoms in total. The van der Waals surface area contributed by atoms with E-state index in [4.69, 9.17) is 9.47 Å². The summed E-state index contributed by atoms with van der Waals surface area (Å²) in [4.78, 5) is 4.45. The van der Waals surface area contributed by atoms with Crippen LogP contribution in [0.5, 0.6) is 0 Å². The van der Waals surface area contributed by atoms with E-state index < -0.39 is 9.84 Å². The zero-order valence-corrected chi connectivity index (χ0v) is 15.7. The Morgan fingerprint density at radius 1 is 1.13 bits per heavy atom. The van der Waals surface area contributed by atoms with E-state index in [-0.39, 0.29) is 12.4 Å². The van der Waals surface area contributed by atoms with Crippen molar-refractivity contribution in [2.45, 2.75) is 27.2 Å². The van der Waals surface area contributed by atoms with Gasteiger partial charge in [0.2, 0.25) is 0 Å². The minimum atomic E-state index is -2.95. The first kappa shape index (κ1) is 22.1. The molecule has 0 aliphatic carbocycles. The quantitative estimate of drug-likeness (QED) is 0.288. The molecule has 8 heteroatoms. The maximum Gasteiger partial charge on any atom is 0.191 e. The normalized spacial score (nSPS) is 12.7. The highest BCUT2D eigenvalue weighted by molar-refractivity contribution is 7.90. The topological polar surface area (TPSA) is 89.0 Å². The number of rotatable bonds is 13. The lowest BCUT2D eigenvalue weighted by Gasteiger charge is -2.11. The standard InChI is InChI=1S/C15H33N3O4S/c1-5-16-15(17-7-6-9-22-13-14(2)3)18-8-10-21-11-12-23(4,19)20/h14H,5-13H2,1-4H3,(H2,16,17,18). The van der Waals surface area contributed by atoms with Crippen LogP contribution < -0.4 is 10.6 Å². The number of nitrogens with one attached hydrogen (secondary N) is 2. The third-order valence-corrected chi connectivity index (χ3v) is 3.56. The van der Waals surface area contributed by atoms with Crippen LogP contribution in [0, 0.1) is 5.92 Å². The number of aliphatic imine (C=N–C) groups is 1. The first-order chi connectivity index (χ1) is 10.8. The molecule has 0 amide bonds. The summed E-state index contributed by atoms with van der Waals surface area (Å²) in [6.07, 6.45) is 2.09. The molecule has 0 aromatic heterocycles. The fraction of sp³-hybridized carbons (Fsp3) is 0.933. The van der Waals surface area contributed by atoms with Crippen LogP contribution in [0.4, 0.5) is 0 Å². The van der Waals surface area contributed by atoms with Gasteiger partial charge >= 0.3 is 0 Å². The first-order valence-electron chi connectivity index (χ1n) is 8.20. The molecule has 0 spiro atoms. The molecule has 0 aromatic carbocycles. The van der Waals surface area contributed by atoms with Gasteiger partial charge in [-0.05, 0) is 19.3 Å². The van der Waals surface area contributed by atoms with Crippen molar-refractivity contribution >= 4 is 15.8 Å². The summed E-state index contributed by atoms with van der Waals surface area (Å²) in [5.41, 5.74) is 0. The van der Waals surface area contributed by atoms with Gasteiger partial charge in [-0.2, -0.15) is 0 Å². The zero-order chi connectivity index (χ0) is 17.6. The zero-order valence-electron chi connectivity index (χ0n) is 14.9.